The Morgan fingerprint density at radius 3 is 2.58 bits per heavy atom. The Kier molecular flexibility index (Phi) is 8.09. The molecule has 3 heteroatoms. The fraction of sp³-hybridized carbons (Fsp3) is 0.889. The van der Waals surface area contributed by atoms with Crippen LogP contribution in [-0.2, 0) is 0 Å². The van der Waals surface area contributed by atoms with Gasteiger partial charge in [0.15, 0.2) is 0 Å². The predicted molar refractivity (Wildman–Crippen MR) is 50.9 cm³/mol. The van der Waals surface area contributed by atoms with Crippen molar-refractivity contribution in [3.8, 4) is 6.07 Å². The molecule has 0 heterocycles. The second kappa shape index (κ2) is 8.51. The molecule has 3 nitrogen and oxygen atoms in total. The van der Waals surface area contributed by atoms with Gasteiger partial charge >= 0.3 is 0 Å². The molecule has 1 N–H and O–H groups in total. The number of rotatable bonds is 7. The van der Waals surface area contributed by atoms with Crippen molar-refractivity contribution in [1.82, 2.24) is 10.2 Å². The Bertz CT molecular complexity index is 126. The molecule has 0 amide bonds. The fourth-order valence-corrected chi connectivity index (χ4v) is 0.882. The first-order valence-electron chi connectivity index (χ1n) is 4.49. The van der Waals surface area contributed by atoms with E-state index in [2.05, 4.69) is 30.4 Å². The maximum absolute atomic E-state index is 8.26. The quantitative estimate of drug-likeness (QED) is 0.574. The average molecular weight is 169 g/mol. The number of nitrogens with zero attached hydrogens (tertiary/aromatic N) is 2. The van der Waals surface area contributed by atoms with E-state index in [1.165, 1.54) is 0 Å². The summed E-state index contributed by atoms with van der Waals surface area (Å²) in [6, 6.07) is 2.14. The van der Waals surface area contributed by atoms with Gasteiger partial charge in [-0.05, 0) is 33.5 Å². The van der Waals surface area contributed by atoms with Crippen molar-refractivity contribution in [3.63, 3.8) is 0 Å². The van der Waals surface area contributed by atoms with Crippen LogP contribution in [0.4, 0.5) is 0 Å². The summed E-state index contributed by atoms with van der Waals surface area (Å²) in [4.78, 5) is 2.16. The fourth-order valence-electron chi connectivity index (χ4n) is 0.882. The smallest absolute Gasteiger partial charge is 0.0621 e. The molecule has 0 fully saturated rings. The first kappa shape index (κ1) is 11.4. The van der Waals surface area contributed by atoms with E-state index in [9.17, 15) is 0 Å². The molecule has 0 atom stereocenters. The second-order valence-corrected chi connectivity index (χ2v) is 3.17. The molecule has 0 bridgehead atoms. The van der Waals surface area contributed by atoms with Crippen LogP contribution < -0.4 is 5.32 Å². The van der Waals surface area contributed by atoms with Gasteiger partial charge in [0, 0.05) is 19.5 Å². The lowest BCUT2D eigenvalue weighted by Crippen LogP contribution is -2.27. The SMILES string of the molecule is CN(C)CCNCCCCC#N. The molecule has 0 saturated heterocycles. The third kappa shape index (κ3) is 9.41. The molecular formula is C9H19N3. The second-order valence-electron chi connectivity index (χ2n) is 3.17. The van der Waals surface area contributed by atoms with Crippen molar-refractivity contribution < 1.29 is 0 Å². The Balaban J connectivity index is 2.87. The van der Waals surface area contributed by atoms with Crippen molar-refractivity contribution in [2.45, 2.75) is 19.3 Å². The normalized spacial score (nSPS) is 10.2. The Morgan fingerprint density at radius 1 is 1.25 bits per heavy atom. The van der Waals surface area contributed by atoms with E-state index in [-0.39, 0.29) is 0 Å². The molecule has 0 aliphatic carbocycles. The monoisotopic (exact) mass is 169 g/mol. The van der Waals surface area contributed by atoms with Crippen LogP contribution in [0.3, 0.4) is 0 Å². The molecular weight excluding hydrogens is 150 g/mol. The lowest BCUT2D eigenvalue weighted by atomic mass is 10.2. The molecule has 0 unspecified atom stereocenters. The standard InChI is InChI=1S/C9H19N3/c1-12(2)9-8-11-7-5-3-4-6-10/h11H,3-5,7-9H2,1-2H3. The van der Waals surface area contributed by atoms with Crippen molar-refractivity contribution >= 4 is 0 Å². The lowest BCUT2D eigenvalue weighted by molar-refractivity contribution is 0.399. The van der Waals surface area contributed by atoms with Crippen LogP contribution in [0.25, 0.3) is 0 Å². The van der Waals surface area contributed by atoms with Gasteiger partial charge in [0.25, 0.3) is 0 Å². The number of unbranched alkanes of at least 4 members (excludes halogenated alkanes) is 2. The summed E-state index contributed by atoms with van der Waals surface area (Å²) < 4.78 is 0. The molecule has 0 radical (unpaired) electrons. The minimum absolute atomic E-state index is 0.690. The van der Waals surface area contributed by atoms with Gasteiger partial charge in [-0.1, -0.05) is 0 Å². The molecule has 0 spiro atoms. The van der Waals surface area contributed by atoms with E-state index in [1.54, 1.807) is 0 Å². The molecule has 0 aliphatic rings. The van der Waals surface area contributed by atoms with Gasteiger partial charge in [-0.3, -0.25) is 0 Å². The highest BCUT2D eigenvalue weighted by atomic mass is 15.1. The van der Waals surface area contributed by atoms with Crippen molar-refractivity contribution in [2.24, 2.45) is 0 Å². The van der Waals surface area contributed by atoms with E-state index in [1.807, 2.05) is 0 Å². The molecule has 0 aromatic carbocycles. The van der Waals surface area contributed by atoms with E-state index in [0.29, 0.717) is 6.42 Å². The van der Waals surface area contributed by atoms with Gasteiger partial charge in [0.05, 0.1) is 6.07 Å². The van der Waals surface area contributed by atoms with Crippen LogP contribution in [0, 0.1) is 11.3 Å². The minimum Gasteiger partial charge on any atom is -0.315 e. The van der Waals surface area contributed by atoms with E-state index >= 15 is 0 Å². The van der Waals surface area contributed by atoms with Crippen LogP contribution in [0.2, 0.25) is 0 Å². The highest BCUT2D eigenvalue weighted by molar-refractivity contribution is 4.68. The Morgan fingerprint density at radius 2 is 2.00 bits per heavy atom. The molecule has 0 saturated carbocycles. The van der Waals surface area contributed by atoms with Crippen LogP contribution >= 0.6 is 0 Å². The Labute approximate surface area is 75.4 Å². The minimum atomic E-state index is 0.690. The first-order valence-corrected chi connectivity index (χ1v) is 4.49. The van der Waals surface area contributed by atoms with Crippen molar-refractivity contribution in [2.75, 3.05) is 33.7 Å². The van der Waals surface area contributed by atoms with E-state index in [4.69, 9.17) is 5.26 Å². The largest absolute Gasteiger partial charge is 0.315 e. The number of hydrogen-bond acceptors (Lipinski definition) is 3. The summed E-state index contributed by atoms with van der Waals surface area (Å²) in [5.41, 5.74) is 0. The highest BCUT2D eigenvalue weighted by Crippen LogP contribution is 1.90. The topological polar surface area (TPSA) is 39.1 Å². The number of likely N-dealkylation sites (N-methyl/N-ethyl adjacent to an activating group) is 1. The van der Waals surface area contributed by atoms with Crippen LogP contribution in [0.15, 0.2) is 0 Å². The Hall–Kier alpha value is -0.590. The van der Waals surface area contributed by atoms with Gasteiger partial charge in [0.1, 0.15) is 0 Å². The number of hydrogen-bond donors (Lipinski definition) is 1. The maximum Gasteiger partial charge on any atom is 0.0621 e. The van der Waals surface area contributed by atoms with Gasteiger partial charge in [-0.2, -0.15) is 5.26 Å². The third-order valence-corrected chi connectivity index (χ3v) is 1.63. The van der Waals surface area contributed by atoms with Crippen molar-refractivity contribution in [3.05, 3.63) is 0 Å². The van der Waals surface area contributed by atoms with E-state index < -0.39 is 0 Å². The summed E-state index contributed by atoms with van der Waals surface area (Å²) in [5, 5.41) is 11.6. The van der Waals surface area contributed by atoms with Gasteiger partial charge < -0.3 is 10.2 Å². The molecule has 12 heavy (non-hydrogen) atoms. The lowest BCUT2D eigenvalue weighted by Gasteiger charge is -2.09. The van der Waals surface area contributed by atoms with Gasteiger partial charge in [-0.15, -0.1) is 0 Å². The molecule has 0 aliphatic heterocycles. The van der Waals surface area contributed by atoms with Gasteiger partial charge in [0.2, 0.25) is 0 Å². The summed E-state index contributed by atoms with van der Waals surface area (Å²) in [6.45, 7) is 3.16. The summed E-state index contributed by atoms with van der Waals surface area (Å²) >= 11 is 0. The third-order valence-electron chi connectivity index (χ3n) is 1.63. The predicted octanol–water partition coefficient (Wildman–Crippen LogP) is 0.831. The highest BCUT2D eigenvalue weighted by Gasteiger charge is 1.90. The zero-order valence-electron chi connectivity index (χ0n) is 8.14. The van der Waals surface area contributed by atoms with Crippen molar-refractivity contribution in [1.29, 1.82) is 5.26 Å². The number of nitrogens with one attached hydrogen (secondary N) is 1. The first-order chi connectivity index (χ1) is 5.77. The molecule has 0 aromatic heterocycles. The zero-order valence-corrected chi connectivity index (χ0v) is 8.14. The van der Waals surface area contributed by atoms with E-state index in [0.717, 1.165) is 32.5 Å². The molecule has 70 valence electrons. The summed E-state index contributed by atoms with van der Waals surface area (Å²) in [5.74, 6) is 0. The van der Waals surface area contributed by atoms with Crippen LogP contribution in [0.1, 0.15) is 19.3 Å². The maximum atomic E-state index is 8.26. The number of nitriles is 1. The van der Waals surface area contributed by atoms with Crippen LogP contribution in [-0.4, -0.2) is 38.6 Å². The van der Waals surface area contributed by atoms with Gasteiger partial charge in [-0.25, -0.2) is 0 Å². The molecule has 0 rings (SSSR count). The zero-order chi connectivity index (χ0) is 9.23. The molecule has 0 aromatic rings. The summed E-state index contributed by atoms with van der Waals surface area (Å²) in [7, 11) is 4.13. The van der Waals surface area contributed by atoms with Crippen LogP contribution in [0.5, 0.6) is 0 Å². The average Bonchev–Trinajstić information content (AvgIpc) is 2.02. The summed E-state index contributed by atoms with van der Waals surface area (Å²) in [6.07, 6.45) is 2.82.